The number of amides is 2. The SMILES string of the molecule is CC(C)(C)C(c1nc(-c2ccccc2)cn1Cc1ccccc1)N(CC(F)CN)C(=O)Nc1ccccc1. The van der Waals surface area contributed by atoms with E-state index >= 15 is 0 Å². The van der Waals surface area contributed by atoms with Crippen molar-refractivity contribution in [3.8, 4) is 11.3 Å². The Morgan fingerprint density at radius 1 is 0.974 bits per heavy atom. The number of aromatic nitrogens is 2. The average Bonchev–Trinajstić information content (AvgIpc) is 3.32. The largest absolute Gasteiger partial charge is 0.328 e. The van der Waals surface area contributed by atoms with Gasteiger partial charge in [0.2, 0.25) is 0 Å². The van der Waals surface area contributed by atoms with Crippen LogP contribution in [0.5, 0.6) is 0 Å². The van der Waals surface area contributed by atoms with Gasteiger partial charge in [0.25, 0.3) is 0 Å². The normalized spacial score (nSPS) is 13.1. The number of alkyl halides is 1. The fourth-order valence-corrected chi connectivity index (χ4v) is 4.61. The maximum Gasteiger partial charge on any atom is 0.322 e. The zero-order valence-electron chi connectivity index (χ0n) is 22.2. The van der Waals surface area contributed by atoms with Crippen LogP contribution < -0.4 is 11.1 Å². The molecule has 0 fully saturated rings. The Kier molecular flexibility index (Phi) is 8.59. The topological polar surface area (TPSA) is 76.2 Å². The second-order valence-corrected chi connectivity index (χ2v) is 10.5. The van der Waals surface area contributed by atoms with Crippen molar-refractivity contribution in [2.45, 2.75) is 39.5 Å². The van der Waals surface area contributed by atoms with Crippen molar-refractivity contribution in [3.63, 3.8) is 0 Å². The minimum absolute atomic E-state index is 0.157. The van der Waals surface area contributed by atoms with Crippen molar-refractivity contribution < 1.29 is 9.18 Å². The van der Waals surface area contributed by atoms with Crippen LogP contribution in [0.1, 0.15) is 38.2 Å². The van der Waals surface area contributed by atoms with E-state index < -0.39 is 23.7 Å². The van der Waals surface area contributed by atoms with Crippen LogP contribution in [0.15, 0.2) is 97.2 Å². The molecule has 198 valence electrons. The number of halogens is 1. The molecule has 4 rings (SSSR count). The summed E-state index contributed by atoms with van der Waals surface area (Å²) < 4.78 is 17.0. The Labute approximate surface area is 224 Å². The lowest BCUT2D eigenvalue weighted by Crippen LogP contribution is -2.48. The predicted octanol–water partition coefficient (Wildman–Crippen LogP) is 6.52. The van der Waals surface area contributed by atoms with Gasteiger partial charge in [-0.1, -0.05) is 99.6 Å². The lowest BCUT2D eigenvalue weighted by atomic mass is 9.84. The van der Waals surface area contributed by atoms with E-state index in [1.54, 1.807) is 4.90 Å². The van der Waals surface area contributed by atoms with Crippen LogP contribution in [0.4, 0.5) is 14.9 Å². The van der Waals surface area contributed by atoms with Crippen molar-refractivity contribution in [3.05, 3.63) is 109 Å². The average molecular weight is 514 g/mol. The number of nitrogens with one attached hydrogen (secondary N) is 1. The molecule has 0 saturated heterocycles. The molecule has 3 N–H and O–H groups in total. The zero-order chi connectivity index (χ0) is 27.1. The van der Waals surface area contributed by atoms with Gasteiger partial charge in [-0.25, -0.2) is 14.2 Å². The number of para-hydroxylation sites is 1. The molecule has 2 amide bonds. The van der Waals surface area contributed by atoms with Gasteiger partial charge in [0.05, 0.1) is 18.3 Å². The number of hydrogen-bond acceptors (Lipinski definition) is 3. The summed E-state index contributed by atoms with van der Waals surface area (Å²) in [7, 11) is 0. The minimum Gasteiger partial charge on any atom is -0.328 e. The molecular formula is C31H36FN5O. The van der Waals surface area contributed by atoms with Crippen molar-refractivity contribution in [1.29, 1.82) is 0 Å². The van der Waals surface area contributed by atoms with Crippen molar-refractivity contribution >= 4 is 11.7 Å². The first kappa shape index (κ1) is 27.1. The molecule has 1 heterocycles. The monoisotopic (exact) mass is 513 g/mol. The molecule has 38 heavy (non-hydrogen) atoms. The van der Waals surface area contributed by atoms with Crippen molar-refractivity contribution in [2.24, 2.45) is 11.1 Å². The van der Waals surface area contributed by atoms with Gasteiger partial charge in [-0.05, 0) is 23.1 Å². The maximum atomic E-state index is 14.9. The summed E-state index contributed by atoms with van der Waals surface area (Å²) in [6.07, 6.45) is 0.631. The number of hydrogen-bond donors (Lipinski definition) is 2. The summed E-state index contributed by atoms with van der Waals surface area (Å²) in [5.74, 6) is 0.688. The number of imidazole rings is 1. The second-order valence-electron chi connectivity index (χ2n) is 10.5. The number of urea groups is 1. The molecule has 2 unspecified atom stereocenters. The van der Waals surface area contributed by atoms with Gasteiger partial charge >= 0.3 is 6.03 Å². The molecule has 0 saturated carbocycles. The number of carbonyl (C=O) groups is 1. The van der Waals surface area contributed by atoms with Crippen LogP contribution >= 0.6 is 0 Å². The highest BCUT2D eigenvalue weighted by Crippen LogP contribution is 2.39. The van der Waals surface area contributed by atoms with Gasteiger partial charge in [-0.15, -0.1) is 0 Å². The van der Waals surface area contributed by atoms with Gasteiger partial charge < -0.3 is 20.5 Å². The van der Waals surface area contributed by atoms with Crippen LogP contribution in [-0.4, -0.2) is 39.7 Å². The molecule has 3 aromatic carbocycles. The van der Waals surface area contributed by atoms with Crippen LogP contribution in [0, 0.1) is 5.41 Å². The first-order valence-electron chi connectivity index (χ1n) is 12.9. The minimum atomic E-state index is -1.38. The number of anilines is 1. The molecule has 7 heteroatoms. The molecule has 6 nitrogen and oxygen atoms in total. The first-order chi connectivity index (χ1) is 18.3. The molecule has 0 aliphatic rings. The van der Waals surface area contributed by atoms with Crippen LogP contribution in [0.2, 0.25) is 0 Å². The summed E-state index contributed by atoms with van der Waals surface area (Å²) >= 11 is 0. The molecule has 0 radical (unpaired) electrons. The van der Waals surface area contributed by atoms with Crippen molar-refractivity contribution in [1.82, 2.24) is 14.5 Å². The second kappa shape index (κ2) is 12.0. The highest BCUT2D eigenvalue weighted by Gasteiger charge is 2.39. The molecule has 2 atom stereocenters. The van der Waals surface area contributed by atoms with E-state index in [9.17, 15) is 9.18 Å². The van der Waals surface area contributed by atoms with E-state index in [0.717, 1.165) is 16.8 Å². The summed E-state index contributed by atoms with van der Waals surface area (Å²) in [5, 5.41) is 2.94. The van der Waals surface area contributed by atoms with E-state index in [1.807, 2.05) is 106 Å². The van der Waals surface area contributed by atoms with E-state index in [0.29, 0.717) is 18.1 Å². The van der Waals surface area contributed by atoms with Crippen molar-refractivity contribution in [2.75, 3.05) is 18.4 Å². The Balaban J connectivity index is 1.83. The molecule has 0 bridgehead atoms. The number of benzene rings is 3. The number of nitrogens with zero attached hydrogens (tertiary/aromatic N) is 3. The van der Waals surface area contributed by atoms with Gasteiger partial charge in [0, 0.05) is 30.5 Å². The Morgan fingerprint density at radius 2 is 1.55 bits per heavy atom. The molecule has 0 aliphatic carbocycles. The molecular weight excluding hydrogens is 477 g/mol. The summed E-state index contributed by atoms with van der Waals surface area (Å²) in [6.45, 7) is 6.35. The Hall–Kier alpha value is -3.97. The zero-order valence-corrected chi connectivity index (χ0v) is 22.2. The lowest BCUT2D eigenvalue weighted by Gasteiger charge is -2.40. The number of carbonyl (C=O) groups excluding carboxylic acids is 1. The van der Waals surface area contributed by atoms with E-state index in [4.69, 9.17) is 10.7 Å². The smallest absolute Gasteiger partial charge is 0.322 e. The van der Waals surface area contributed by atoms with Crippen LogP contribution in [0.25, 0.3) is 11.3 Å². The Morgan fingerprint density at radius 3 is 2.13 bits per heavy atom. The van der Waals surface area contributed by atoms with Gasteiger partial charge in [-0.2, -0.15) is 0 Å². The first-order valence-corrected chi connectivity index (χ1v) is 12.9. The number of nitrogens with two attached hydrogens (primary N) is 1. The van der Waals surface area contributed by atoms with E-state index in [1.165, 1.54) is 0 Å². The molecule has 0 aliphatic heterocycles. The lowest BCUT2D eigenvalue weighted by molar-refractivity contribution is 0.0960. The van der Waals surface area contributed by atoms with E-state index in [-0.39, 0.29) is 13.1 Å². The molecule has 1 aromatic heterocycles. The molecule has 4 aromatic rings. The Bertz CT molecular complexity index is 1300. The van der Waals surface area contributed by atoms with Crippen LogP contribution in [0.3, 0.4) is 0 Å². The fraction of sp³-hybridized carbons (Fsp3) is 0.290. The quantitative estimate of drug-likeness (QED) is 0.268. The summed E-state index contributed by atoms with van der Waals surface area (Å²) in [6, 6.07) is 28.3. The predicted molar refractivity (Wildman–Crippen MR) is 152 cm³/mol. The van der Waals surface area contributed by atoms with Gasteiger partial charge in [0.1, 0.15) is 12.0 Å². The third kappa shape index (κ3) is 6.66. The van der Waals surface area contributed by atoms with E-state index in [2.05, 4.69) is 22.0 Å². The third-order valence-corrected chi connectivity index (χ3v) is 6.39. The summed E-state index contributed by atoms with van der Waals surface area (Å²) in [4.78, 5) is 20.4. The molecule has 0 spiro atoms. The van der Waals surface area contributed by atoms with Gasteiger partial charge in [0.15, 0.2) is 0 Å². The highest BCUT2D eigenvalue weighted by atomic mass is 19.1. The standard InChI is InChI=1S/C31H36FN5O/c1-31(2,3)28(37(21-25(32)19-33)30(38)34-26-17-11-6-12-18-26)29-35-27(24-15-9-5-10-16-24)22-36(29)20-23-13-7-4-8-14-23/h4-18,22,25,28H,19-21,33H2,1-3H3,(H,34,38). The maximum absolute atomic E-state index is 14.9. The number of rotatable bonds is 9. The van der Waals surface area contributed by atoms with Gasteiger partial charge in [-0.3, -0.25) is 0 Å². The third-order valence-electron chi connectivity index (χ3n) is 6.39. The highest BCUT2D eigenvalue weighted by molar-refractivity contribution is 5.89. The summed E-state index contributed by atoms with van der Waals surface area (Å²) in [5.41, 5.74) is 8.71. The van der Waals surface area contributed by atoms with Crippen LogP contribution in [-0.2, 0) is 6.54 Å². The fourth-order valence-electron chi connectivity index (χ4n) is 4.61.